The van der Waals surface area contributed by atoms with Gasteiger partial charge in [0.25, 0.3) is 0 Å². The topological polar surface area (TPSA) is 61.4 Å². The van der Waals surface area contributed by atoms with Gasteiger partial charge in [-0.15, -0.1) is 11.8 Å². The minimum atomic E-state index is -0.609. The monoisotopic (exact) mass is 298 g/mol. The van der Waals surface area contributed by atoms with Crippen LogP contribution in [-0.4, -0.2) is 29.5 Å². The molecule has 2 amide bonds. The van der Waals surface area contributed by atoms with Crippen LogP contribution < -0.4 is 10.6 Å². The highest BCUT2D eigenvalue weighted by molar-refractivity contribution is 7.98. The first-order valence-electron chi connectivity index (χ1n) is 6.52. The minimum Gasteiger partial charge on any atom is -0.394 e. The Hall–Kier alpha value is -1.27. The summed E-state index contributed by atoms with van der Waals surface area (Å²) in [5.74, 6) is -0.0451. The summed E-state index contributed by atoms with van der Waals surface area (Å²) in [5.41, 5.74) is -0.212. The van der Waals surface area contributed by atoms with Crippen molar-refractivity contribution in [3.63, 3.8) is 0 Å². The molecule has 0 saturated heterocycles. The fourth-order valence-corrected chi connectivity index (χ4v) is 2.62. The number of hydrogen-bond donors (Lipinski definition) is 3. The van der Waals surface area contributed by atoms with Gasteiger partial charge in [0.05, 0.1) is 12.1 Å². The zero-order chi connectivity index (χ0) is 14.8. The fraction of sp³-hybridized carbons (Fsp3) is 0.500. The second kappa shape index (κ2) is 6.01. The predicted octanol–water partition coefficient (Wildman–Crippen LogP) is 2.83. The molecule has 6 heteroatoms. The van der Waals surface area contributed by atoms with E-state index in [0.29, 0.717) is 16.5 Å². The van der Waals surface area contributed by atoms with Crippen molar-refractivity contribution in [2.75, 3.05) is 18.2 Å². The lowest BCUT2D eigenvalue weighted by Gasteiger charge is -2.28. The van der Waals surface area contributed by atoms with E-state index in [1.54, 1.807) is 18.4 Å². The number of benzene rings is 1. The van der Waals surface area contributed by atoms with Gasteiger partial charge >= 0.3 is 6.03 Å². The molecule has 0 spiro atoms. The molecule has 1 atom stereocenters. The lowest BCUT2D eigenvalue weighted by Crippen LogP contribution is -2.52. The van der Waals surface area contributed by atoms with E-state index >= 15 is 0 Å². The summed E-state index contributed by atoms with van der Waals surface area (Å²) in [5, 5.41) is 14.8. The van der Waals surface area contributed by atoms with Crippen molar-refractivity contribution in [2.45, 2.75) is 30.2 Å². The molecule has 1 fully saturated rings. The number of rotatable bonds is 5. The molecule has 1 aromatic rings. The third kappa shape index (κ3) is 3.43. The fourth-order valence-electron chi connectivity index (χ4n) is 2.16. The Bertz CT molecular complexity index is 508. The Morgan fingerprint density at radius 1 is 1.55 bits per heavy atom. The molecule has 2 rings (SSSR count). The molecule has 110 valence electrons. The third-order valence-electron chi connectivity index (χ3n) is 3.62. The number of anilines is 1. The van der Waals surface area contributed by atoms with Crippen molar-refractivity contribution in [2.24, 2.45) is 5.92 Å². The Balaban J connectivity index is 1.99. The number of aliphatic hydroxyl groups excluding tert-OH is 1. The predicted molar refractivity (Wildman–Crippen MR) is 78.6 cm³/mol. The van der Waals surface area contributed by atoms with E-state index in [-0.39, 0.29) is 12.4 Å². The number of nitrogens with one attached hydrogen (secondary N) is 2. The highest BCUT2D eigenvalue weighted by Crippen LogP contribution is 2.39. The van der Waals surface area contributed by atoms with E-state index in [9.17, 15) is 14.3 Å². The molecule has 0 heterocycles. The molecule has 0 aromatic heterocycles. The molecule has 20 heavy (non-hydrogen) atoms. The Morgan fingerprint density at radius 3 is 2.75 bits per heavy atom. The summed E-state index contributed by atoms with van der Waals surface area (Å²) >= 11 is 1.31. The second-order valence-electron chi connectivity index (χ2n) is 5.28. The second-order valence-corrected chi connectivity index (χ2v) is 6.13. The average Bonchev–Trinajstić information content (AvgIpc) is 3.23. The maximum atomic E-state index is 13.6. The van der Waals surface area contributed by atoms with E-state index in [2.05, 4.69) is 10.6 Å². The number of aliphatic hydroxyl groups is 1. The van der Waals surface area contributed by atoms with Crippen LogP contribution in [0.25, 0.3) is 0 Å². The molecular weight excluding hydrogens is 279 g/mol. The van der Waals surface area contributed by atoms with Gasteiger partial charge in [0.2, 0.25) is 0 Å². The molecule has 1 aliphatic carbocycles. The number of hydrogen-bond acceptors (Lipinski definition) is 3. The molecular formula is C14H19FN2O2S. The molecule has 0 aliphatic heterocycles. The standard InChI is InChI=1S/C14H19FN2O2S/c1-14(8-18,9-3-4-9)17-13(19)16-10-5-6-12(20-2)11(15)7-10/h5-7,9,18H,3-4,8H2,1-2H3,(H2,16,17,19)/t14-/m0/s1. The largest absolute Gasteiger partial charge is 0.394 e. The third-order valence-corrected chi connectivity index (χ3v) is 4.39. The van der Waals surface area contributed by atoms with Crippen LogP contribution in [0.2, 0.25) is 0 Å². The van der Waals surface area contributed by atoms with Gasteiger partial charge in [-0.05, 0) is 50.1 Å². The van der Waals surface area contributed by atoms with Gasteiger partial charge in [0, 0.05) is 10.6 Å². The van der Waals surface area contributed by atoms with Crippen LogP contribution in [0.3, 0.4) is 0 Å². The van der Waals surface area contributed by atoms with Gasteiger partial charge in [-0.2, -0.15) is 0 Å². The first kappa shape index (κ1) is 15.1. The van der Waals surface area contributed by atoms with E-state index in [1.165, 1.54) is 17.8 Å². The van der Waals surface area contributed by atoms with Crippen LogP contribution in [0, 0.1) is 11.7 Å². The van der Waals surface area contributed by atoms with E-state index in [0.717, 1.165) is 12.8 Å². The van der Waals surface area contributed by atoms with Crippen molar-refractivity contribution in [1.82, 2.24) is 5.32 Å². The summed E-state index contributed by atoms with van der Waals surface area (Å²) in [7, 11) is 0. The zero-order valence-corrected chi connectivity index (χ0v) is 12.4. The lowest BCUT2D eigenvalue weighted by atomic mass is 9.97. The molecule has 1 saturated carbocycles. The van der Waals surface area contributed by atoms with Gasteiger partial charge in [-0.25, -0.2) is 9.18 Å². The number of amides is 2. The number of carbonyl (C=O) groups is 1. The van der Waals surface area contributed by atoms with Crippen LogP contribution >= 0.6 is 11.8 Å². The Labute approximate surface area is 122 Å². The maximum Gasteiger partial charge on any atom is 0.319 e. The SMILES string of the molecule is CSc1ccc(NC(=O)N[C@@](C)(CO)C2CC2)cc1F. The number of carbonyl (C=O) groups excluding carboxylic acids is 1. The van der Waals surface area contributed by atoms with Crippen molar-refractivity contribution in [1.29, 1.82) is 0 Å². The van der Waals surface area contributed by atoms with Crippen molar-refractivity contribution < 1.29 is 14.3 Å². The molecule has 3 N–H and O–H groups in total. The van der Waals surface area contributed by atoms with Gasteiger partial charge in [-0.3, -0.25) is 0 Å². The summed E-state index contributed by atoms with van der Waals surface area (Å²) in [6, 6.07) is 4.15. The van der Waals surface area contributed by atoms with Gasteiger partial charge in [0.15, 0.2) is 0 Å². The quantitative estimate of drug-likeness (QED) is 0.733. The molecule has 4 nitrogen and oxygen atoms in total. The number of urea groups is 1. The van der Waals surface area contributed by atoms with E-state index in [1.807, 2.05) is 6.92 Å². The Kier molecular flexibility index (Phi) is 4.55. The number of halogens is 1. The highest BCUT2D eigenvalue weighted by Gasteiger charge is 2.42. The van der Waals surface area contributed by atoms with Gasteiger partial charge in [0.1, 0.15) is 5.82 Å². The van der Waals surface area contributed by atoms with Crippen LogP contribution in [-0.2, 0) is 0 Å². The normalized spacial score (nSPS) is 17.4. The van der Waals surface area contributed by atoms with Crippen molar-refractivity contribution >= 4 is 23.5 Å². The highest BCUT2D eigenvalue weighted by atomic mass is 32.2. The first-order valence-corrected chi connectivity index (χ1v) is 7.74. The van der Waals surface area contributed by atoms with Crippen LogP contribution in [0.15, 0.2) is 23.1 Å². The van der Waals surface area contributed by atoms with E-state index < -0.39 is 11.6 Å². The molecule has 1 aliphatic rings. The average molecular weight is 298 g/mol. The number of thioether (sulfide) groups is 1. The van der Waals surface area contributed by atoms with Gasteiger partial charge in [-0.1, -0.05) is 0 Å². The van der Waals surface area contributed by atoms with Crippen molar-refractivity contribution in [3.8, 4) is 0 Å². The van der Waals surface area contributed by atoms with E-state index in [4.69, 9.17) is 0 Å². The van der Waals surface area contributed by atoms with Crippen LogP contribution in [0.5, 0.6) is 0 Å². The smallest absolute Gasteiger partial charge is 0.319 e. The molecule has 1 aromatic carbocycles. The summed E-state index contributed by atoms with van der Waals surface area (Å²) in [6.07, 6.45) is 3.81. The molecule has 0 radical (unpaired) electrons. The Morgan fingerprint density at radius 2 is 2.25 bits per heavy atom. The van der Waals surface area contributed by atoms with Gasteiger partial charge < -0.3 is 15.7 Å². The minimum absolute atomic E-state index is 0.106. The summed E-state index contributed by atoms with van der Waals surface area (Å²) < 4.78 is 13.6. The lowest BCUT2D eigenvalue weighted by molar-refractivity contribution is 0.159. The van der Waals surface area contributed by atoms with Crippen LogP contribution in [0.1, 0.15) is 19.8 Å². The molecule has 0 unspecified atom stereocenters. The summed E-state index contributed by atoms with van der Waals surface area (Å²) in [6.45, 7) is 1.71. The first-order chi connectivity index (χ1) is 9.48. The maximum absolute atomic E-state index is 13.6. The van der Waals surface area contributed by atoms with Crippen LogP contribution in [0.4, 0.5) is 14.9 Å². The summed E-state index contributed by atoms with van der Waals surface area (Å²) in [4.78, 5) is 12.5. The zero-order valence-electron chi connectivity index (χ0n) is 11.6. The van der Waals surface area contributed by atoms with Crippen molar-refractivity contribution in [3.05, 3.63) is 24.0 Å². The molecule has 0 bridgehead atoms.